The van der Waals surface area contributed by atoms with Crippen LogP contribution in [-0.4, -0.2) is 39.7 Å². The van der Waals surface area contributed by atoms with Gasteiger partial charge in [-0.25, -0.2) is 0 Å². The number of carbonyl (C=O) groups excluding carboxylic acids is 2. The van der Waals surface area contributed by atoms with Crippen LogP contribution in [0.5, 0.6) is 5.75 Å². The summed E-state index contributed by atoms with van der Waals surface area (Å²) in [5.41, 5.74) is 1.63. The Morgan fingerprint density at radius 3 is 2.58 bits per heavy atom. The number of hydrogen-bond acceptors (Lipinski definition) is 5. The summed E-state index contributed by atoms with van der Waals surface area (Å²) in [5.74, 6) is 0.509. The van der Waals surface area contributed by atoms with Crippen molar-refractivity contribution in [2.75, 3.05) is 18.5 Å². The zero-order valence-corrected chi connectivity index (χ0v) is 17.6. The molecule has 0 aliphatic carbocycles. The van der Waals surface area contributed by atoms with Crippen LogP contribution < -0.4 is 15.4 Å². The lowest BCUT2D eigenvalue weighted by molar-refractivity contribution is -0.115. The first-order valence-electron chi connectivity index (χ1n) is 10.4. The Hall–Kier alpha value is -3.68. The highest BCUT2D eigenvalue weighted by molar-refractivity contribution is 5.99. The van der Waals surface area contributed by atoms with Crippen LogP contribution in [0.4, 0.5) is 5.82 Å². The molecule has 0 spiro atoms. The molecule has 2 heterocycles. The SMILES string of the molecule is CCCCOc1ccc(C(=O)NCC(=O)Nc2ccn(CCc3ccncc3)n2)cc1. The van der Waals surface area contributed by atoms with Crippen molar-refractivity contribution in [1.29, 1.82) is 0 Å². The Labute approximate surface area is 181 Å². The molecule has 0 fully saturated rings. The summed E-state index contributed by atoms with van der Waals surface area (Å²) in [7, 11) is 0. The Balaban J connectivity index is 1.40. The van der Waals surface area contributed by atoms with Crippen LogP contribution in [-0.2, 0) is 17.8 Å². The minimum Gasteiger partial charge on any atom is -0.494 e. The fourth-order valence-corrected chi connectivity index (χ4v) is 2.83. The molecule has 31 heavy (non-hydrogen) atoms. The lowest BCUT2D eigenvalue weighted by Gasteiger charge is -2.08. The Morgan fingerprint density at radius 2 is 1.84 bits per heavy atom. The van der Waals surface area contributed by atoms with Gasteiger partial charge in [0.05, 0.1) is 13.2 Å². The number of hydrogen-bond donors (Lipinski definition) is 2. The largest absolute Gasteiger partial charge is 0.494 e. The van der Waals surface area contributed by atoms with Gasteiger partial charge in [0.25, 0.3) is 5.91 Å². The lowest BCUT2D eigenvalue weighted by Crippen LogP contribution is -2.32. The van der Waals surface area contributed by atoms with Crippen molar-refractivity contribution in [1.82, 2.24) is 20.1 Å². The molecule has 0 aliphatic heterocycles. The highest BCUT2D eigenvalue weighted by Crippen LogP contribution is 2.12. The number of rotatable bonds is 11. The number of nitrogens with zero attached hydrogens (tertiary/aromatic N) is 3. The van der Waals surface area contributed by atoms with Crippen LogP contribution in [0.3, 0.4) is 0 Å². The minimum absolute atomic E-state index is 0.141. The Kier molecular flexibility index (Phi) is 8.16. The number of anilines is 1. The zero-order valence-electron chi connectivity index (χ0n) is 17.6. The first-order chi connectivity index (χ1) is 15.1. The molecule has 0 bridgehead atoms. The summed E-state index contributed by atoms with van der Waals surface area (Å²) in [6, 6.07) is 12.5. The van der Waals surface area contributed by atoms with Gasteiger partial charge < -0.3 is 15.4 Å². The van der Waals surface area contributed by atoms with Gasteiger partial charge in [0.2, 0.25) is 5.91 Å². The van der Waals surface area contributed by atoms with Crippen LogP contribution in [0.2, 0.25) is 0 Å². The van der Waals surface area contributed by atoms with Gasteiger partial charge >= 0.3 is 0 Å². The van der Waals surface area contributed by atoms with E-state index in [1.54, 1.807) is 53.6 Å². The summed E-state index contributed by atoms with van der Waals surface area (Å²) < 4.78 is 7.35. The fraction of sp³-hybridized carbons (Fsp3) is 0.304. The van der Waals surface area contributed by atoms with Gasteiger partial charge in [0.1, 0.15) is 5.75 Å². The van der Waals surface area contributed by atoms with Crippen LogP contribution in [0, 0.1) is 0 Å². The average Bonchev–Trinajstić information content (AvgIpc) is 3.24. The van der Waals surface area contributed by atoms with Crippen molar-refractivity contribution in [2.24, 2.45) is 0 Å². The summed E-state index contributed by atoms with van der Waals surface area (Å²) in [5, 5.41) is 9.63. The van der Waals surface area contributed by atoms with E-state index in [1.807, 2.05) is 12.1 Å². The number of pyridine rings is 1. The van der Waals surface area contributed by atoms with Gasteiger partial charge in [-0.05, 0) is 54.8 Å². The molecule has 162 valence electrons. The number of unbranched alkanes of at least 4 members (excludes halogenated alkanes) is 1. The number of amides is 2. The summed E-state index contributed by atoms with van der Waals surface area (Å²) in [6.07, 6.45) is 8.19. The average molecular weight is 422 g/mol. The number of aryl methyl sites for hydroxylation is 2. The van der Waals surface area contributed by atoms with Crippen LogP contribution >= 0.6 is 0 Å². The minimum atomic E-state index is -0.341. The van der Waals surface area contributed by atoms with Crippen LogP contribution in [0.15, 0.2) is 61.1 Å². The van der Waals surface area contributed by atoms with Crippen molar-refractivity contribution in [3.05, 3.63) is 72.2 Å². The van der Waals surface area contributed by atoms with Crippen molar-refractivity contribution in [3.63, 3.8) is 0 Å². The van der Waals surface area contributed by atoms with E-state index in [0.717, 1.165) is 25.0 Å². The molecule has 2 aromatic heterocycles. The highest BCUT2D eigenvalue weighted by Gasteiger charge is 2.10. The molecule has 2 amide bonds. The maximum Gasteiger partial charge on any atom is 0.251 e. The van der Waals surface area contributed by atoms with Crippen LogP contribution in [0.25, 0.3) is 0 Å². The van der Waals surface area contributed by atoms with Crippen molar-refractivity contribution < 1.29 is 14.3 Å². The van der Waals surface area contributed by atoms with E-state index in [9.17, 15) is 9.59 Å². The molecule has 0 aliphatic rings. The maximum atomic E-state index is 12.2. The molecule has 0 unspecified atom stereocenters. The Bertz CT molecular complexity index is 970. The number of aromatic nitrogens is 3. The monoisotopic (exact) mass is 421 g/mol. The van der Waals surface area contributed by atoms with E-state index in [-0.39, 0.29) is 18.4 Å². The quantitative estimate of drug-likeness (QED) is 0.464. The number of ether oxygens (including phenoxy) is 1. The first kappa shape index (κ1) is 22.0. The summed E-state index contributed by atoms with van der Waals surface area (Å²) in [4.78, 5) is 28.4. The van der Waals surface area contributed by atoms with E-state index in [4.69, 9.17) is 4.74 Å². The molecule has 0 atom stereocenters. The maximum absolute atomic E-state index is 12.2. The molecule has 0 saturated carbocycles. The molecule has 3 aromatic rings. The van der Waals surface area contributed by atoms with Crippen LogP contribution in [0.1, 0.15) is 35.7 Å². The van der Waals surface area contributed by atoms with Gasteiger partial charge in [0, 0.05) is 36.8 Å². The van der Waals surface area contributed by atoms with Gasteiger partial charge in [-0.15, -0.1) is 0 Å². The van der Waals surface area contributed by atoms with E-state index >= 15 is 0 Å². The van der Waals surface area contributed by atoms with E-state index in [1.165, 1.54) is 5.56 Å². The second-order valence-corrected chi connectivity index (χ2v) is 7.03. The molecule has 2 N–H and O–H groups in total. The second-order valence-electron chi connectivity index (χ2n) is 7.03. The molecule has 0 radical (unpaired) electrons. The summed E-state index contributed by atoms with van der Waals surface area (Å²) in [6.45, 7) is 3.30. The fourth-order valence-electron chi connectivity index (χ4n) is 2.83. The molecule has 8 nitrogen and oxygen atoms in total. The zero-order chi connectivity index (χ0) is 21.9. The number of nitrogens with one attached hydrogen (secondary N) is 2. The van der Waals surface area contributed by atoms with Gasteiger partial charge in [0.15, 0.2) is 5.82 Å². The smallest absolute Gasteiger partial charge is 0.251 e. The molecule has 1 aromatic carbocycles. The Morgan fingerprint density at radius 1 is 1.06 bits per heavy atom. The van der Waals surface area contributed by atoms with Gasteiger partial charge in [-0.3, -0.25) is 19.3 Å². The van der Waals surface area contributed by atoms with Crippen molar-refractivity contribution in [3.8, 4) is 5.75 Å². The molecule has 8 heteroatoms. The molecular formula is C23H27N5O3. The lowest BCUT2D eigenvalue weighted by atomic mass is 10.2. The highest BCUT2D eigenvalue weighted by atomic mass is 16.5. The van der Waals surface area contributed by atoms with Gasteiger partial charge in [-0.1, -0.05) is 13.3 Å². The third-order valence-corrected chi connectivity index (χ3v) is 4.58. The van der Waals surface area contributed by atoms with E-state index in [0.29, 0.717) is 24.5 Å². The predicted octanol–water partition coefficient (Wildman–Crippen LogP) is 3.07. The van der Waals surface area contributed by atoms with E-state index in [2.05, 4.69) is 27.6 Å². The molecule has 3 rings (SSSR count). The van der Waals surface area contributed by atoms with Crippen molar-refractivity contribution >= 4 is 17.6 Å². The third-order valence-electron chi connectivity index (χ3n) is 4.58. The number of benzene rings is 1. The van der Waals surface area contributed by atoms with Crippen molar-refractivity contribution in [2.45, 2.75) is 32.7 Å². The standard InChI is InChI=1S/C23H27N5O3/c1-2-3-16-31-20-6-4-19(5-7-20)23(30)25-17-22(29)26-21-11-15-28(27-21)14-10-18-8-12-24-13-9-18/h4-9,11-13,15H,2-3,10,14,16-17H2,1H3,(H,25,30)(H,26,27,29). The molecular weight excluding hydrogens is 394 g/mol. The normalized spacial score (nSPS) is 10.5. The second kappa shape index (κ2) is 11.5. The van der Waals surface area contributed by atoms with Gasteiger partial charge in [-0.2, -0.15) is 5.10 Å². The molecule has 0 saturated heterocycles. The number of carbonyl (C=O) groups is 2. The predicted molar refractivity (Wildman–Crippen MR) is 118 cm³/mol. The van der Waals surface area contributed by atoms with E-state index < -0.39 is 0 Å². The first-order valence-corrected chi connectivity index (χ1v) is 10.4. The third kappa shape index (κ3) is 7.26. The summed E-state index contributed by atoms with van der Waals surface area (Å²) >= 11 is 0. The topological polar surface area (TPSA) is 98.1 Å².